The first kappa shape index (κ1) is 15.0. The van der Waals surface area contributed by atoms with Crippen LogP contribution in [0.15, 0.2) is 16.7 Å². The Morgan fingerprint density at radius 3 is 2.72 bits per heavy atom. The lowest BCUT2D eigenvalue weighted by Gasteiger charge is -2.09. The number of nitrogens with one attached hydrogen (secondary N) is 1. The van der Waals surface area contributed by atoms with Gasteiger partial charge in [0.2, 0.25) is 0 Å². The lowest BCUT2D eigenvalue weighted by Crippen LogP contribution is -2.20. The third-order valence-electron chi connectivity index (χ3n) is 2.20. The minimum atomic E-state index is -4.30. The van der Waals surface area contributed by atoms with Gasteiger partial charge in [0.15, 0.2) is 0 Å². The molecule has 3 nitrogen and oxygen atoms in total. The average molecular weight is 265 g/mol. The summed E-state index contributed by atoms with van der Waals surface area (Å²) in [6, 6.07) is 1.74. The number of rotatable bonds is 7. The Kier molecular flexibility index (Phi) is 5.68. The summed E-state index contributed by atoms with van der Waals surface area (Å²) in [7, 11) is 0. The van der Waals surface area contributed by atoms with Crippen LogP contribution in [0.2, 0.25) is 0 Å². The molecule has 0 aliphatic rings. The Balaban J connectivity index is 2.35. The van der Waals surface area contributed by atoms with Crippen LogP contribution >= 0.6 is 0 Å². The van der Waals surface area contributed by atoms with Gasteiger partial charge in [-0.1, -0.05) is 13.8 Å². The van der Waals surface area contributed by atoms with Crippen molar-refractivity contribution in [3.63, 3.8) is 0 Å². The normalized spacial score (nSPS) is 12.3. The molecule has 1 N–H and O–H groups in total. The highest BCUT2D eigenvalue weighted by Crippen LogP contribution is 2.17. The highest BCUT2D eigenvalue weighted by molar-refractivity contribution is 5.16. The third kappa shape index (κ3) is 6.07. The van der Waals surface area contributed by atoms with Gasteiger partial charge in [-0.3, -0.25) is 0 Å². The molecule has 0 aliphatic carbocycles. The van der Waals surface area contributed by atoms with Crippen LogP contribution in [0.5, 0.6) is 0 Å². The Labute approximate surface area is 104 Å². The predicted octanol–water partition coefficient (Wildman–Crippen LogP) is 3.10. The van der Waals surface area contributed by atoms with E-state index in [0.29, 0.717) is 18.2 Å². The minimum Gasteiger partial charge on any atom is -0.467 e. The van der Waals surface area contributed by atoms with Crippen molar-refractivity contribution >= 4 is 0 Å². The maximum atomic E-state index is 11.9. The number of hydrogen-bond donors (Lipinski definition) is 1. The summed E-state index contributed by atoms with van der Waals surface area (Å²) in [5.74, 6) is 0.956. The van der Waals surface area contributed by atoms with Crippen LogP contribution in [0, 0.1) is 5.92 Å². The summed E-state index contributed by atoms with van der Waals surface area (Å²) in [6.07, 6.45) is -2.85. The molecule has 0 saturated heterocycles. The molecule has 0 saturated carbocycles. The highest BCUT2D eigenvalue weighted by Gasteiger charge is 2.27. The summed E-state index contributed by atoms with van der Waals surface area (Å²) < 4.78 is 45.4. The van der Waals surface area contributed by atoms with E-state index in [0.717, 1.165) is 12.1 Å². The Hall–Kier alpha value is -1.01. The molecule has 1 rings (SSSR count). The maximum absolute atomic E-state index is 11.9. The van der Waals surface area contributed by atoms with E-state index in [2.05, 4.69) is 23.9 Å². The lowest BCUT2D eigenvalue weighted by molar-refractivity contribution is -0.177. The van der Waals surface area contributed by atoms with E-state index in [9.17, 15) is 13.2 Å². The maximum Gasteiger partial charge on any atom is 0.411 e. The fraction of sp³-hybridized carbons (Fsp3) is 0.667. The van der Waals surface area contributed by atoms with Gasteiger partial charge in [-0.2, -0.15) is 13.2 Å². The van der Waals surface area contributed by atoms with E-state index >= 15 is 0 Å². The largest absolute Gasteiger partial charge is 0.467 e. The van der Waals surface area contributed by atoms with Crippen LogP contribution in [0.3, 0.4) is 0 Å². The van der Waals surface area contributed by atoms with Crippen LogP contribution < -0.4 is 5.32 Å². The van der Waals surface area contributed by atoms with E-state index in [1.165, 1.54) is 6.26 Å². The molecule has 0 atom stereocenters. The average Bonchev–Trinajstić information content (AvgIpc) is 2.63. The summed E-state index contributed by atoms with van der Waals surface area (Å²) in [5.41, 5.74) is 0.831. The number of ether oxygens (including phenoxy) is 1. The summed E-state index contributed by atoms with van der Waals surface area (Å²) in [6.45, 7) is 4.15. The first-order chi connectivity index (χ1) is 8.38. The zero-order valence-electron chi connectivity index (χ0n) is 10.5. The molecule has 6 heteroatoms. The van der Waals surface area contributed by atoms with Crippen LogP contribution in [0.4, 0.5) is 13.2 Å². The van der Waals surface area contributed by atoms with E-state index in [1.807, 2.05) is 0 Å². The molecule has 0 amide bonds. The summed E-state index contributed by atoms with van der Waals surface area (Å²) >= 11 is 0. The molecular weight excluding hydrogens is 247 g/mol. The smallest absolute Gasteiger partial charge is 0.411 e. The van der Waals surface area contributed by atoms with E-state index in [-0.39, 0.29) is 6.61 Å². The predicted molar refractivity (Wildman–Crippen MR) is 61.0 cm³/mol. The van der Waals surface area contributed by atoms with Crippen molar-refractivity contribution in [1.82, 2.24) is 5.32 Å². The van der Waals surface area contributed by atoms with Crippen molar-refractivity contribution in [3.8, 4) is 0 Å². The zero-order valence-corrected chi connectivity index (χ0v) is 10.5. The molecule has 0 unspecified atom stereocenters. The number of hydrogen-bond acceptors (Lipinski definition) is 3. The van der Waals surface area contributed by atoms with Gasteiger partial charge in [-0.15, -0.1) is 0 Å². The molecule has 0 radical (unpaired) electrons. The highest BCUT2D eigenvalue weighted by atomic mass is 19.4. The van der Waals surface area contributed by atoms with Gasteiger partial charge in [-0.05, 0) is 18.5 Å². The zero-order chi connectivity index (χ0) is 13.6. The van der Waals surface area contributed by atoms with E-state index < -0.39 is 12.8 Å². The molecular formula is C12H18F3NO2. The molecule has 0 aromatic carbocycles. The second-order valence-electron chi connectivity index (χ2n) is 4.50. The van der Waals surface area contributed by atoms with Crippen molar-refractivity contribution in [2.24, 2.45) is 5.92 Å². The SMILES string of the molecule is CC(C)CNCc1ccoc1COCC(F)(F)F. The second kappa shape index (κ2) is 6.80. The van der Waals surface area contributed by atoms with Crippen molar-refractivity contribution in [2.75, 3.05) is 13.2 Å². The Morgan fingerprint density at radius 2 is 2.11 bits per heavy atom. The van der Waals surface area contributed by atoms with Crippen molar-refractivity contribution in [2.45, 2.75) is 33.2 Å². The van der Waals surface area contributed by atoms with Gasteiger partial charge in [0, 0.05) is 12.1 Å². The quantitative estimate of drug-likeness (QED) is 0.822. The molecule has 0 bridgehead atoms. The monoisotopic (exact) mass is 265 g/mol. The second-order valence-corrected chi connectivity index (χ2v) is 4.50. The molecule has 0 spiro atoms. The Bertz CT molecular complexity index is 347. The van der Waals surface area contributed by atoms with Gasteiger partial charge in [-0.25, -0.2) is 0 Å². The van der Waals surface area contributed by atoms with E-state index in [1.54, 1.807) is 6.07 Å². The van der Waals surface area contributed by atoms with Crippen molar-refractivity contribution < 1.29 is 22.3 Å². The standard InChI is InChI=1S/C12H18F3NO2/c1-9(2)5-16-6-10-3-4-18-11(10)7-17-8-12(13,14)15/h3-4,9,16H,5-8H2,1-2H3. The Morgan fingerprint density at radius 1 is 1.39 bits per heavy atom. The number of alkyl halides is 3. The summed E-state index contributed by atoms with van der Waals surface area (Å²) in [4.78, 5) is 0. The van der Waals surface area contributed by atoms with Crippen LogP contribution in [0.1, 0.15) is 25.2 Å². The van der Waals surface area contributed by atoms with Gasteiger partial charge in [0.05, 0.1) is 6.26 Å². The van der Waals surface area contributed by atoms with Crippen LogP contribution in [-0.2, 0) is 17.9 Å². The molecule has 1 aromatic heterocycles. The first-order valence-corrected chi connectivity index (χ1v) is 5.79. The minimum absolute atomic E-state index is 0.162. The number of halogens is 3. The summed E-state index contributed by atoms with van der Waals surface area (Å²) in [5, 5.41) is 3.20. The molecule has 0 aliphatic heterocycles. The van der Waals surface area contributed by atoms with Gasteiger partial charge < -0.3 is 14.5 Å². The molecule has 1 heterocycles. The van der Waals surface area contributed by atoms with Crippen molar-refractivity contribution in [3.05, 3.63) is 23.7 Å². The van der Waals surface area contributed by atoms with Crippen LogP contribution in [-0.4, -0.2) is 19.3 Å². The number of furan rings is 1. The fourth-order valence-corrected chi connectivity index (χ4v) is 1.41. The van der Waals surface area contributed by atoms with Gasteiger partial charge >= 0.3 is 6.18 Å². The van der Waals surface area contributed by atoms with Crippen LogP contribution in [0.25, 0.3) is 0 Å². The van der Waals surface area contributed by atoms with Gasteiger partial charge in [0.1, 0.15) is 19.0 Å². The van der Waals surface area contributed by atoms with Gasteiger partial charge in [0.25, 0.3) is 0 Å². The lowest BCUT2D eigenvalue weighted by atomic mass is 10.2. The first-order valence-electron chi connectivity index (χ1n) is 5.79. The molecule has 104 valence electrons. The topological polar surface area (TPSA) is 34.4 Å². The van der Waals surface area contributed by atoms with E-state index in [4.69, 9.17) is 4.42 Å². The third-order valence-corrected chi connectivity index (χ3v) is 2.20. The molecule has 18 heavy (non-hydrogen) atoms. The molecule has 1 aromatic rings. The van der Waals surface area contributed by atoms with Crippen molar-refractivity contribution in [1.29, 1.82) is 0 Å². The molecule has 0 fully saturated rings. The fourth-order valence-electron chi connectivity index (χ4n) is 1.41.